The summed E-state index contributed by atoms with van der Waals surface area (Å²) >= 11 is 0. The molecule has 0 atom stereocenters. The molecule has 0 radical (unpaired) electrons. The fourth-order valence-corrected chi connectivity index (χ4v) is 3.90. The Morgan fingerprint density at radius 1 is 0.720 bits per heavy atom. The summed E-state index contributed by atoms with van der Waals surface area (Å²) in [5.41, 5.74) is 7.55. The zero-order valence-electron chi connectivity index (χ0n) is 13.2. The summed E-state index contributed by atoms with van der Waals surface area (Å²) in [5.74, 6) is 0. The highest BCUT2D eigenvalue weighted by Gasteiger charge is 2.19. The van der Waals surface area contributed by atoms with Gasteiger partial charge in [-0.2, -0.15) is 8.42 Å². The van der Waals surface area contributed by atoms with Crippen LogP contribution < -0.4 is 5.73 Å². The Bertz CT molecular complexity index is 1230. The number of hydrogen-bond acceptors (Lipinski definition) is 3. The standard InChI is InChI=1S/C20H15NO3S/c21-16-9-8-14-11-19(20(25(22,23)24)12-15(14)10-16)18-7-3-5-13-4-1-2-6-17(13)18/h1-12H,21H2,(H,22,23,24). The minimum absolute atomic E-state index is 0.123. The summed E-state index contributed by atoms with van der Waals surface area (Å²) in [6.45, 7) is 0. The van der Waals surface area contributed by atoms with E-state index < -0.39 is 10.1 Å². The molecular formula is C20H15NO3S. The van der Waals surface area contributed by atoms with Gasteiger partial charge in [0.05, 0.1) is 0 Å². The van der Waals surface area contributed by atoms with Gasteiger partial charge < -0.3 is 5.73 Å². The van der Waals surface area contributed by atoms with Crippen LogP contribution in [0.2, 0.25) is 0 Å². The van der Waals surface area contributed by atoms with E-state index in [4.69, 9.17) is 5.73 Å². The van der Waals surface area contributed by atoms with Crippen LogP contribution in [-0.2, 0) is 10.1 Å². The Balaban J connectivity index is 2.14. The third kappa shape index (κ3) is 2.73. The van der Waals surface area contributed by atoms with Gasteiger partial charge in [0.15, 0.2) is 0 Å². The van der Waals surface area contributed by atoms with Crippen LogP contribution in [0.5, 0.6) is 0 Å². The molecule has 0 saturated heterocycles. The predicted molar refractivity (Wildman–Crippen MR) is 101 cm³/mol. The second kappa shape index (κ2) is 5.58. The van der Waals surface area contributed by atoms with E-state index in [9.17, 15) is 13.0 Å². The monoisotopic (exact) mass is 349 g/mol. The van der Waals surface area contributed by atoms with Crippen molar-refractivity contribution in [1.82, 2.24) is 0 Å². The number of anilines is 1. The highest BCUT2D eigenvalue weighted by Crippen LogP contribution is 2.36. The van der Waals surface area contributed by atoms with Crippen LogP contribution in [0.1, 0.15) is 0 Å². The lowest BCUT2D eigenvalue weighted by Gasteiger charge is -2.13. The number of fused-ring (bicyclic) bond motifs is 2. The maximum absolute atomic E-state index is 12.0. The molecule has 0 heterocycles. The van der Waals surface area contributed by atoms with E-state index in [0.29, 0.717) is 16.6 Å². The van der Waals surface area contributed by atoms with Crippen molar-refractivity contribution in [1.29, 1.82) is 0 Å². The third-order valence-corrected chi connectivity index (χ3v) is 5.21. The molecule has 4 nitrogen and oxygen atoms in total. The van der Waals surface area contributed by atoms with E-state index in [-0.39, 0.29) is 4.90 Å². The number of nitrogen functional groups attached to an aromatic ring is 1. The summed E-state index contributed by atoms with van der Waals surface area (Å²) in [7, 11) is -4.40. The Kier molecular flexibility index (Phi) is 3.49. The van der Waals surface area contributed by atoms with Crippen molar-refractivity contribution in [2.75, 3.05) is 5.73 Å². The SMILES string of the molecule is Nc1ccc2cc(-c3cccc4ccccc34)c(S(=O)(=O)O)cc2c1. The minimum Gasteiger partial charge on any atom is -0.399 e. The molecule has 0 saturated carbocycles. The van der Waals surface area contributed by atoms with E-state index in [1.807, 2.05) is 48.5 Å². The van der Waals surface area contributed by atoms with Gasteiger partial charge in [-0.1, -0.05) is 48.5 Å². The number of nitrogens with two attached hydrogens (primary N) is 1. The fourth-order valence-electron chi connectivity index (χ4n) is 3.18. The summed E-state index contributed by atoms with van der Waals surface area (Å²) in [4.78, 5) is -0.123. The first kappa shape index (κ1) is 15.6. The Morgan fingerprint density at radius 2 is 1.48 bits per heavy atom. The van der Waals surface area contributed by atoms with Gasteiger partial charge in [-0.05, 0) is 51.4 Å². The first-order valence-electron chi connectivity index (χ1n) is 7.72. The molecule has 4 aromatic rings. The first-order valence-corrected chi connectivity index (χ1v) is 9.16. The lowest BCUT2D eigenvalue weighted by Crippen LogP contribution is -2.01. The zero-order valence-corrected chi connectivity index (χ0v) is 14.0. The summed E-state index contributed by atoms with van der Waals surface area (Å²) in [6.07, 6.45) is 0. The van der Waals surface area contributed by atoms with Crippen LogP contribution >= 0.6 is 0 Å². The summed E-state index contributed by atoms with van der Waals surface area (Å²) < 4.78 is 33.8. The predicted octanol–water partition coefficient (Wildman–Crippen LogP) is 4.49. The number of benzene rings is 4. The molecule has 0 amide bonds. The van der Waals surface area contributed by atoms with Gasteiger partial charge in [0.2, 0.25) is 0 Å². The van der Waals surface area contributed by atoms with Crippen molar-refractivity contribution >= 4 is 37.4 Å². The van der Waals surface area contributed by atoms with Gasteiger partial charge >= 0.3 is 0 Å². The number of rotatable bonds is 2. The van der Waals surface area contributed by atoms with Crippen LogP contribution in [-0.4, -0.2) is 13.0 Å². The van der Waals surface area contributed by atoms with Crippen molar-refractivity contribution in [3.8, 4) is 11.1 Å². The lowest BCUT2D eigenvalue weighted by atomic mass is 9.96. The number of hydrogen-bond donors (Lipinski definition) is 2. The average molecular weight is 349 g/mol. The van der Waals surface area contributed by atoms with Gasteiger partial charge in [-0.25, -0.2) is 0 Å². The lowest BCUT2D eigenvalue weighted by molar-refractivity contribution is 0.483. The van der Waals surface area contributed by atoms with Crippen LogP contribution in [0.3, 0.4) is 0 Å². The van der Waals surface area contributed by atoms with Crippen molar-refractivity contribution in [2.45, 2.75) is 4.90 Å². The van der Waals surface area contributed by atoms with Crippen molar-refractivity contribution in [2.24, 2.45) is 0 Å². The smallest absolute Gasteiger partial charge is 0.295 e. The van der Waals surface area contributed by atoms with Crippen LogP contribution in [0.25, 0.3) is 32.7 Å². The summed E-state index contributed by atoms with van der Waals surface area (Å²) in [6, 6.07) is 22.0. The van der Waals surface area contributed by atoms with E-state index in [0.717, 1.165) is 21.7 Å². The highest BCUT2D eigenvalue weighted by atomic mass is 32.2. The first-order chi connectivity index (χ1) is 11.9. The largest absolute Gasteiger partial charge is 0.399 e. The van der Waals surface area contributed by atoms with Crippen LogP contribution in [0.4, 0.5) is 5.69 Å². The molecule has 0 bridgehead atoms. The molecule has 0 spiro atoms. The molecule has 0 aromatic heterocycles. The van der Waals surface area contributed by atoms with Gasteiger partial charge in [0.1, 0.15) is 4.90 Å². The Morgan fingerprint density at radius 3 is 2.28 bits per heavy atom. The molecule has 4 rings (SSSR count). The van der Waals surface area contributed by atoms with E-state index in [1.54, 1.807) is 18.2 Å². The molecule has 124 valence electrons. The highest BCUT2D eigenvalue weighted by molar-refractivity contribution is 7.86. The Labute approximate surface area is 145 Å². The van der Waals surface area contributed by atoms with E-state index in [1.165, 1.54) is 6.07 Å². The average Bonchev–Trinajstić information content (AvgIpc) is 2.59. The van der Waals surface area contributed by atoms with Crippen molar-refractivity contribution in [3.05, 3.63) is 72.8 Å². The maximum Gasteiger partial charge on any atom is 0.295 e. The fraction of sp³-hybridized carbons (Fsp3) is 0. The van der Waals surface area contributed by atoms with Crippen molar-refractivity contribution < 1.29 is 13.0 Å². The minimum atomic E-state index is -4.40. The molecule has 3 N–H and O–H groups in total. The normalized spacial score (nSPS) is 11.9. The zero-order chi connectivity index (χ0) is 17.6. The topological polar surface area (TPSA) is 80.4 Å². The second-order valence-corrected chi connectivity index (χ2v) is 7.35. The van der Waals surface area contributed by atoms with Gasteiger partial charge in [-0.15, -0.1) is 0 Å². The molecule has 0 fully saturated rings. The maximum atomic E-state index is 12.0. The molecular weight excluding hydrogens is 334 g/mol. The van der Waals surface area contributed by atoms with Gasteiger partial charge in [-0.3, -0.25) is 4.55 Å². The van der Waals surface area contributed by atoms with E-state index >= 15 is 0 Å². The second-order valence-electron chi connectivity index (χ2n) is 5.96. The van der Waals surface area contributed by atoms with E-state index in [2.05, 4.69) is 0 Å². The van der Waals surface area contributed by atoms with Gasteiger partial charge in [0, 0.05) is 11.3 Å². The molecule has 0 unspecified atom stereocenters. The Hall–Kier alpha value is -2.89. The molecule has 25 heavy (non-hydrogen) atoms. The quantitative estimate of drug-likeness (QED) is 0.413. The molecule has 0 aliphatic heterocycles. The van der Waals surface area contributed by atoms with Gasteiger partial charge in [0.25, 0.3) is 10.1 Å². The third-order valence-electron chi connectivity index (χ3n) is 4.32. The van der Waals surface area contributed by atoms with Crippen LogP contribution in [0, 0.1) is 0 Å². The molecule has 0 aliphatic rings. The molecule has 0 aliphatic carbocycles. The molecule has 4 aromatic carbocycles. The van der Waals surface area contributed by atoms with Crippen LogP contribution in [0.15, 0.2) is 77.7 Å². The summed E-state index contributed by atoms with van der Waals surface area (Å²) in [5, 5.41) is 3.43. The molecule has 5 heteroatoms. The van der Waals surface area contributed by atoms with Crippen molar-refractivity contribution in [3.63, 3.8) is 0 Å².